The van der Waals surface area contributed by atoms with E-state index in [-0.39, 0.29) is 13.2 Å². The second-order valence-corrected chi connectivity index (χ2v) is 6.98. The molecule has 1 N–H and O–H groups in total. The molecule has 0 aromatic rings. The van der Waals surface area contributed by atoms with Gasteiger partial charge in [-0.05, 0) is 33.1 Å². The van der Waals surface area contributed by atoms with E-state index in [2.05, 4.69) is 0 Å². The van der Waals surface area contributed by atoms with Crippen LogP contribution in [-0.2, 0) is 19.7 Å². The fraction of sp³-hybridized carbons (Fsp3) is 0.917. The minimum Gasteiger partial charge on any atom is -0.465 e. The van der Waals surface area contributed by atoms with Crippen molar-refractivity contribution < 1.29 is 23.1 Å². The van der Waals surface area contributed by atoms with E-state index in [0.29, 0.717) is 25.8 Å². The maximum Gasteiger partial charge on any atom is 0.324 e. The SMILES string of the molecule is CCOC(=O)C1CCCN1S(=O)(=O)N(C)CCC(C)O. The number of hydrogen-bond acceptors (Lipinski definition) is 5. The van der Waals surface area contributed by atoms with Crippen LogP contribution in [0.4, 0.5) is 0 Å². The second-order valence-electron chi connectivity index (χ2n) is 4.99. The van der Waals surface area contributed by atoms with Gasteiger partial charge in [0, 0.05) is 20.1 Å². The first-order chi connectivity index (χ1) is 9.30. The van der Waals surface area contributed by atoms with Gasteiger partial charge in [-0.1, -0.05) is 0 Å². The highest BCUT2D eigenvalue weighted by Crippen LogP contribution is 2.24. The first kappa shape index (κ1) is 17.4. The molecular weight excluding hydrogens is 284 g/mol. The van der Waals surface area contributed by atoms with Gasteiger partial charge >= 0.3 is 5.97 Å². The second kappa shape index (κ2) is 7.35. The van der Waals surface area contributed by atoms with Gasteiger partial charge in [0.25, 0.3) is 10.2 Å². The molecule has 1 rings (SSSR count). The van der Waals surface area contributed by atoms with Crippen LogP contribution in [0.3, 0.4) is 0 Å². The van der Waals surface area contributed by atoms with Gasteiger partial charge in [-0.3, -0.25) is 4.79 Å². The summed E-state index contributed by atoms with van der Waals surface area (Å²) in [6.07, 6.45) is 0.926. The summed E-state index contributed by atoms with van der Waals surface area (Å²) in [6, 6.07) is -0.728. The number of carbonyl (C=O) groups excluding carboxylic acids is 1. The molecule has 0 amide bonds. The summed E-state index contributed by atoms with van der Waals surface area (Å²) in [6.45, 7) is 4.08. The number of rotatable bonds is 7. The first-order valence-electron chi connectivity index (χ1n) is 6.88. The van der Waals surface area contributed by atoms with Crippen molar-refractivity contribution in [1.82, 2.24) is 8.61 Å². The van der Waals surface area contributed by atoms with E-state index in [9.17, 15) is 18.3 Å². The average molecular weight is 308 g/mol. The molecule has 20 heavy (non-hydrogen) atoms. The van der Waals surface area contributed by atoms with Gasteiger partial charge in [0.1, 0.15) is 6.04 Å². The lowest BCUT2D eigenvalue weighted by molar-refractivity contribution is -0.146. The van der Waals surface area contributed by atoms with E-state index in [1.54, 1.807) is 13.8 Å². The minimum absolute atomic E-state index is 0.214. The van der Waals surface area contributed by atoms with Crippen LogP contribution >= 0.6 is 0 Å². The molecule has 0 aromatic heterocycles. The lowest BCUT2D eigenvalue weighted by atomic mass is 10.2. The Morgan fingerprint density at radius 1 is 1.55 bits per heavy atom. The number of esters is 1. The molecule has 0 radical (unpaired) electrons. The molecule has 0 spiro atoms. The summed E-state index contributed by atoms with van der Waals surface area (Å²) in [5, 5.41) is 9.23. The summed E-state index contributed by atoms with van der Waals surface area (Å²) in [4.78, 5) is 11.8. The summed E-state index contributed by atoms with van der Waals surface area (Å²) in [5.41, 5.74) is 0. The highest BCUT2D eigenvalue weighted by atomic mass is 32.2. The molecule has 1 saturated heterocycles. The molecule has 7 nitrogen and oxygen atoms in total. The summed E-state index contributed by atoms with van der Waals surface area (Å²) in [5.74, 6) is -0.488. The van der Waals surface area contributed by atoms with E-state index in [1.807, 2.05) is 0 Å². The summed E-state index contributed by atoms with van der Waals surface area (Å²) < 4.78 is 32.2. The zero-order valence-electron chi connectivity index (χ0n) is 12.3. The number of ether oxygens (including phenoxy) is 1. The monoisotopic (exact) mass is 308 g/mol. The Bertz CT molecular complexity index is 424. The van der Waals surface area contributed by atoms with Crippen LogP contribution in [0.1, 0.15) is 33.1 Å². The van der Waals surface area contributed by atoms with Crippen molar-refractivity contribution in [3.63, 3.8) is 0 Å². The van der Waals surface area contributed by atoms with Crippen LogP contribution in [0.5, 0.6) is 0 Å². The number of aliphatic hydroxyl groups excluding tert-OH is 1. The average Bonchev–Trinajstić information content (AvgIpc) is 2.85. The number of carbonyl (C=O) groups is 1. The van der Waals surface area contributed by atoms with Crippen LogP contribution in [0.25, 0.3) is 0 Å². The third kappa shape index (κ3) is 4.15. The van der Waals surface area contributed by atoms with Gasteiger partial charge in [-0.15, -0.1) is 0 Å². The van der Waals surface area contributed by atoms with E-state index in [4.69, 9.17) is 4.74 Å². The maximum absolute atomic E-state index is 12.4. The van der Waals surface area contributed by atoms with E-state index < -0.39 is 28.3 Å². The van der Waals surface area contributed by atoms with Crippen LogP contribution in [0.15, 0.2) is 0 Å². The molecule has 0 aromatic carbocycles. The van der Waals surface area contributed by atoms with Crippen molar-refractivity contribution >= 4 is 16.2 Å². The van der Waals surface area contributed by atoms with Crippen molar-refractivity contribution in [2.45, 2.75) is 45.3 Å². The van der Waals surface area contributed by atoms with Gasteiger partial charge in [0.05, 0.1) is 12.7 Å². The normalized spacial score (nSPS) is 22.1. The van der Waals surface area contributed by atoms with Crippen molar-refractivity contribution in [1.29, 1.82) is 0 Å². The zero-order chi connectivity index (χ0) is 15.3. The Labute approximate surface area is 120 Å². The highest BCUT2D eigenvalue weighted by molar-refractivity contribution is 7.86. The Morgan fingerprint density at radius 2 is 2.20 bits per heavy atom. The molecule has 2 atom stereocenters. The van der Waals surface area contributed by atoms with Gasteiger partial charge in [-0.2, -0.15) is 17.0 Å². The molecular formula is C12H24N2O5S. The number of nitrogens with zero attached hydrogens (tertiary/aromatic N) is 2. The van der Waals surface area contributed by atoms with E-state index >= 15 is 0 Å². The molecule has 8 heteroatoms. The van der Waals surface area contributed by atoms with Crippen LogP contribution < -0.4 is 0 Å². The molecule has 1 aliphatic rings. The molecule has 118 valence electrons. The van der Waals surface area contributed by atoms with Gasteiger partial charge in [-0.25, -0.2) is 0 Å². The number of aliphatic hydroxyl groups is 1. The summed E-state index contributed by atoms with van der Waals surface area (Å²) in [7, 11) is -2.24. The quantitative estimate of drug-likeness (QED) is 0.667. The van der Waals surface area contributed by atoms with Crippen LogP contribution in [0, 0.1) is 0 Å². The van der Waals surface area contributed by atoms with Crippen molar-refractivity contribution in [2.24, 2.45) is 0 Å². The summed E-state index contributed by atoms with van der Waals surface area (Å²) >= 11 is 0. The Kier molecular flexibility index (Phi) is 6.38. The van der Waals surface area contributed by atoms with Crippen molar-refractivity contribution in [3.8, 4) is 0 Å². The van der Waals surface area contributed by atoms with Gasteiger partial charge in [0.15, 0.2) is 0 Å². The lowest BCUT2D eigenvalue weighted by Gasteiger charge is -2.27. The van der Waals surface area contributed by atoms with E-state index in [0.717, 1.165) is 0 Å². The largest absolute Gasteiger partial charge is 0.465 e. The predicted molar refractivity (Wildman–Crippen MR) is 74.2 cm³/mol. The van der Waals surface area contributed by atoms with Gasteiger partial charge in [0.2, 0.25) is 0 Å². The van der Waals surface area contributed by atoms with Crippen molar-refractivity contribution in [3.05, 3.63) is 0 Å². The third-order valence-electron chi connectivity index (χ3n) is 3.31. The fourth-order valence-electron chi connectivity index (χ4n) is 2.15. The Hall–Kier alpha value is -0.700. The van der Waals surface area contributed by atoms with E-state index in [1.165, 1.54) is 15.7 Å². The molecule has 2 unspecified atom stereocenters. The lowest BCUT2D eigenvalue weighted by Crippen LogP contribution is -2.48. The molecule has 0 bridgehead atoms. The fourth-order valence-corrected chi connectivity index (χ4v) is 3.72. The first-order valence-corrected chi connectivity index (χ1v) is 8.28. The minimum atomic E-state index is -3.69. The molecule has 0 saturated carbocycles. The van der Waals surface area contributed by atoms with Crippen LogP contribution in [0.2, 0.25) is 0 Å². The highest BCUT2D eigenvalue weighted by Gasteiger charge is 2.41. The smallest absolute Gasteiger partial charge is 0.324 e. The standard InChI is InChI=1S/C12H24N2O5S/c1-4-19-12(16)11-6-5-8-14(11)20(17,18)13(3)9-7-10(2)15/h10-11,15H,4-9H2,1-3H3. The predicted octanol–water partition coefficient (Wildman–Crippen LogP) is -0.0386. The molecule has 1 aliphatic heterocycles. The van der Waals surface area contributed by atoms with Crippen molar-refractivity contribution in [2.75, 3.05) is 26.7 Å². The Morgan fingerprint density at radius 3 is 2.75 bits per heavy atom. The zero-order valence-corrected chi connectivity index (χ0v) is 13.1. The van der Waals surface area contributed by atoms with Gasteiger partial charge < -0.3 is 9.84 Å². The molecule has 1 heterocycles. The number of hydrogen-bond donors (Lipinski definition) is 1. The molecule has 1 fully saturated rings. The topological polar surface area (TPSA) is 87.2 Å². The third-order valence-corrected chi connectivity index (χ3v) is 5.31. The van der Waals surface area contributed by atoms with Crippen LogP contribution in [-0.4, -0.2) is 67.0 Å². The maximum atomic E-state index is 12.4. The Balaban J connectivity index is 2.77. The molecule has 0 aliphatic carbocycles.